The topological polar surface area (TPSA) is 54.7 Å². The Bertz CT molecular complexity index is 274. The molecule has 0 aromatic carbocycles. The number of H-pyrrole nitrogens is 1. The Balaban J connectivity index is 0. The smallest absolute Gasteiger partial charge is 0.130 e. The van der Waals surface area contributed by atoms with E-state index in [4.69, 9.17) is 5.73 Å². The first-order valence-corrected chi connectivity index (χ1v) is 6.02. The monoisotopic (exact) mass is 225 g/mol. The molecule has 16 heavy (non-hydrogen) atoms. The van der Waals surface area contributed by atoms with Gasteiger partial charge in [0.2, 0.25) is 0 Å². The van der Waals surface area contributed by atoms with Crippen molar-refractivity contribution in [1.82, 2.24) is 9.97 Å². The van der Waals surface area contributed by atoms with Gasteiger partial charge in [-0.1, -0.05) is 39.7 Å². The molecule has 1 aromatic heterocycles. The SMILES string of the molecule is C/C(=C/c1ncc(C)[nH]1)CN.CC.CCC. The van der Waals surface area contributed by atoms with Crippen LogP contribution < -0.4 is 5.73 Å². The maximum atomic E-state index is 5.42. The molecule has 0 amide bonds. The molecule has 3 nitrogen and oxygen atoms in total. The number of aromatic nitrogens is 2. The number of imidazole rings is 1. The fraction of sp³-hybridized carbons (Fsp3) is 0.615. The summed E-state index contributed by atoms with van der Waals surface area (Å²) in [5, 5.41) is 0. The maximum absolute atomic E-state index is 5.42. The standard InChI is InChI=1S/C8H13N3.C3H8.C2H6/c1-6(4-9)3-8-10-5-7(2)11-8;1-3-2;1-2/h3,5H,4,9H2,1-2H3,(H,10,11);3H2,1-2H3;1-2H3/b6-3-;;. The summed E-state index contributed by atoms with van der Waals surface area (Å²) in [5.41, 5.74) is 7.61. The fourth-order valence-corrected chi connectivity index (χ4v) is 0.799. The van der Waals surface area contributed by atoms with E-state index in [1.54, 1.807) is 6.20 Å². The second-order valence-corrected chi connectivity index (χ2v) is 3.35. The molecule has 0 radical (unpaired) electrons. The van der Waals surface area contributed by atoms with Gasteiger partial charge in [-0.15, -0.1) is 0 Å². The summed E-state index contributed by atoms with van der Waals surface area (Å²) < 4.78 is 0. The predicted molar refractivity (Wildman–Crippen MR) is 73.3 cm³/mol. The molecule has 1 heterocycles. The van der Waals surface area contributed by atoms with E-state index in [1.165, 1.54) is 6.42 Å². The van der Waals surface area contributed by atoms with Gasteiger partial charge in [0.05, 0.1) is 0 Å². The molecule has 0 spiro atoms. The molecule has 0 aliphatic heterocycles. The van der Waals surface area contributed by atoms with Crippen LogP contribution in [-0.4, -0.2) is 16.5 Å². The molecule has 0 unspecified atom stereocenters. The van der Waals surface area contributed by atoms with Crippen LogP contribution in [0.15, 0.2) is 11.8 Å². The van der Waals surface area contributed by atoms with Gasteiger partial charge in [0.15, 0.2) is 0 Å². The van der Waals surface area contributed by atoms with E-state index in [-0.39, 0.29) is 0 Å². The first-order chi connectivity index (χ1) is 7.63. The number of hydrogen-bond donors (Lipinski definition) is 2. The number of hydrogen-bond acceptors (Lipinski definition) is 2. The van der Waals surface area contributed by atoms with Crippen LogP contribution in [0, 0.1) is 6.92 Å². The second-order valence-electron chi connectivity index (χ2n) is 3.35. The zero-order valence-electron chi connectivity index (χ0n) is 11.6. The number of rotatable bonds is 2. The summed E-state index contributed by atoms with van der Waals surface area (Å²) in [5.74, 6) is 0.880. The Labute approximate surface area is 100 Å². The third-order valence-corrected chi connectivity index (χ3v) is 1.43. The second kappa shape index (κ2) is 12.0. The first-order valence-electron chi connectivity index (χ1n) is 6.02. The maximum Gasteiger partial charge on any atom is 0.130 e. The molecule has 0 aliphatic rings. The van der Waals surface area contributed by atoms with E-state index in [2.05, 4.69) is 23.8 Å². The van der Waals surface area contributed by atoms with Crippen molar-refractivity contribution in [3.05, 3.63) is 23.3 Å². The largest absolute Gasteiger partial charge is 0.343 e. The highest BCUT2D eigenvalue weighted by atomic mass is 14.9. The minimum absolute atomic E-state index is 0.583. The highest BCUT2D eigenvalue weighted by Crippen LogP contribution is 2.00. The lowest BCUT2D eigenvalue weighted by atomic mass is 10.3. The average Bonchev–Trinajstić information content (AvgIpc) is 2.68. The zero-order chi connectivity index (χ0) is 13.0. The van der Waals surface area contributed by atoms with Gasteiger partial charge >= 0.3 is 0 Å². The van der Waals surface area contributed by atoms with Crippen LogP contribution in [0.2, 0.25) is 0 Å². The molecule has 0 fully saturated rings. The number of nitrogens with zero attached hydrogens (tertiary/aromatic N) is 1. The summed E-state index contributed by atoms with van der Waals surface area (Å²) in [6.07, 6.45) is 5.00. The van der Waals surface area contributed by atoms with Crippen molar-refractivity contribution in [3.8, 4) is 0 Å². The van der Waals surface area contributed by atoms with Crippen molar-refractivity contribution in [2.45, 2.75) is 48.0 Å². The lowest BCUT2D eigenvalue weighted by Crippen LogP contribution is -1.99. The van der Waals surface area contributed by atoms with E-state index in [1.807, 2.05) is 33.8 Å². The Kier molecular flexibility index (Phi) is 13.0. The Morgan fingerprint density at radius 3 is 2.25 bits per heavy atom. The van der Waals surface area contributed by atoms with E-state index >= 15 is 0 Å². The summed E-state index contributed by atoms with van der Waals surface area (Å²) >= 11 is 0. The van der Waals surface area contributed by atoms with Gasteiger partial charge in [0.1, 0.15) is 5.82 Å². The van der Waals surface area contributed by atoms with Crippen molar-refractivity contribution in [2.24, 2.45) is 5.73 Å². The molecular weight excluding hydrogens is 198 g/mol. The van der Waals surface area contributed by atoms with Crippen LogP contribution in [0.1, 0.15) is 52.6 Å². The lowest BCUT2D eigenvalue weighted by Gasteiger charge is -1.91. The van der Waals surface area contributed by atoms with Crippen molar-refractivity contribution < 1.29 is 0 Å². The van der Waals surface area contributed by atoms with Crippen LogP contribution in [0.3, 0.4) is 0 Å². The normalized spacial score (nSPS) is 9.81. The van der Waals surface area contributed by atoms with Crippen molar-refractivity contribution in [1.29, 1.82) is 0 Å². The third kappa shape index (κ3) is 9.46. The van der Waals surface area contributed by atoms with Gasteiger partial charge in [-0.05, 0) is 19.9 Å². The lowest BCUT2D eigenvalue weighted by molar-refractivity contribution is 1.09. The van der Waals surface area contributed by atoms with Gasteiger partial charge in [-0.3, -0.25) is 0 Å². The molecule has 0 atom stereocenters. The molecule has 94 valence electrons. The summed E-state index contributed by atoms with van der Waals surface area (Å²) in [6, 6.07) is 0. The van der Waals surface area contributed by atoms with E-state index in [9.17, 15) is 0 Å². The molecule has 0 aliphatic carbocycles. The van der Waals surface area contributed by atoms with E-state index in [0.29, 0.717) is 6.54 Å². The quantitative estimate of drug-likeness (QED) is 0.809. The highest BCUT2D eigenvalue weighted by Gasteiger charge is 1.92. The summed E-state index contributed by atoms with van der Waals surface area (Å²) in [7, 11) is 0. The van der Waals surface area contributed by atoms with Crippen LogP contribution in [0.25, 0.3) is 6.08 Å². The minimum atomic E-state index is 0.583. The highest BCUT2D eigenvalue weighted by molar-refractivity contribution is 5.44. The van der Waals surface area contributed by atoms with Crippen LogP contribution in [-0.2, 0) is 0 Å². The Hall–Kier alpha value is -1.09. The van der Waals surface area contributed by atoms with Gasteiger partial charge in [0, 0.05) is 18.4 Å². The molecule has 1 aromatic rings. The van der Waals surface area contributed by atoms with Crippen molar-refractivity contribution in [2.75, 3.05) is 6.54 Å². The molecule has 0 bridgehead atoms. The number of aromatic amines is 1. The van der Waals surface area contributed by atoms with Crippen LogP contribution >= 0.6 is 0 Å². The molecule has 0 saturated carbocycles. The molecule has 1 rings (SSSR count). The Morgan fingerprint density at radius 2 is 1.94 bits per heavy atom. The van der Waals surface area contributed by atoms with Gasteiger partial charge < -0.3 is 10.7 Å². The predicted octanol–water partition coefficient (Wildman–Crippen LogP) is 3.52. The minimum Gasteiger partial charge on any atom is -0.343 e. The van der Waals surface area contributed by atoms with Crippen molar-refractivity contribution >= 4 is 6.08 Å². The number of aryl methyl sites for hydroxylation is 1. The average molecular weight is 225 g/mol. The Morgan fingerprint density at radius 1 is 1.44 bits per heavy atom. The van der Waals surface area contributed by atoms with Gasteiger partial charge in [-0.2, -0.15) is 0 Å². The van der Waals surface area contributed by atoms with Gasteiger partial charge in [-0.25, -0.2) is 4.98 Å². The fourth-order valence-electron chi connectivity index (χ4n) is 0.799. The van der Waals surface area contributed by atoms with Gasteiger partial charge in [0.25, 0.3) is 0 Å². The number of nitrogens with two attached hydrogens (primary N) is 1. The molecular formula is C13H27N3. The van der Waals surface area contributed by atoms with Crippen LogP contribution in [0.5, 0.6) is 0 Å². The summed E-state index contributed by atoms with van der Waals surface area (Å²) in [6.45, 7) is 12.8. The molecule has 3 N–H and O–H groups in total. The summed E-state index contributed by atoms with van der Waals surface area (Å²) in [4.78, 5) is 7.21. The molecule has 3 heteroatoms. The van der Waals surface area contributed by atoms with E-state index < -0.39 is 0 Å². The molecule has 0 saturated heterocycles. The van der Waals surface area contributed by atoms with E-state index in [0.717, 1.165) is 17.1 Å². The van der Waals surface area contributed by atoms with Crippen molar-refractivity contribution in [3.63, 3.8) is 0 Å². The van der Waals surface area contributed by atoms with Crippen LogP contribution in [0.4, 0.5) is 0 Å². The third-order valence-electron chi connectivity index (χ3n) is 1.43. The first kappa shape index (κ1) is 17.3. The zero-order valence-corrected chi connectivity index (χ0v) is 11.6. The number of nitrogens with one attached hydrogen (secondary N) is 1.